The van der Waals surface area contributed by atoms with E-state index in [1.165, 1.54) is 4.90 Å². The zero-order valence-corrected chi connectivity index (χ0v) is 22.0. The highest BCUT2D eigenvalue weighted by Gasteiger charge is 2.37. The minimum atomic E-state index is -0.838. The quantitative estimate of drug-likeness (QED) is 0.592. The third kappa shape index (κ3) is 9.06. The minimum Gasteiger partial charge on any atom is -0.444 e. The van der Waals surface area contributed by atoms with Crippen LogP contribution in [0.2, 0.25) is 0 Å². The van der Waals surface area contributed by atoms with E-state index in [-0.39, 0.29) is 17.7 Å². The van der Waals surface area contributed by atoms with Crippen molar-refractivity contribution in [1.82, 2.24) is 15.5 Å². The van der Waals surface area contributed by atoms with Crippen LogP contribution in [0.1, 0.15) is 85.9 Å². The van der Waals surface area contributed by atoms with Crippen molar-refractivity contribution in [2.45, 2.75) is 98.4 Å². The monoisotopic (exact) mass is 461 g/mol. The van der Waals surface area contributed by atoms with Crippen molar-refractivity contribution >= 4 is 17.9 Å². The standard InChI is InChI=1S/C26H43N3O4/c1-11-17(3)20(27-24(32)33-26(7,8)9)23(31)29(10)21(22(30)28-25(4,5)6)19-15-13-18(12-2)14-16-19/h13-17,20-21H,11-12H2,1-10H3,(H,27,32)(H,28,30). The second kappa shape index (κ2) is 11.5. The van der Waals surface area contributed by atoms with Gasteiger partial charge in [0.05, 0.1) is 0 Å². The van der Waals surface area contributed by atoms with Crippen molar-refractivity contribution in [1.29, 1.82) is 0 Å². The van der Waals surface area contributed by atoms with Crippen LogP contribution in [0.3, 0.4) is 0 Å². The molecule has 0 saturated heterocycles. The summed E-state index contributed by atoms with van der Waals surface area (Å²) < 4.78 is 5.38. The molecule has 0 aliphatic carbocycles. The van der Waals surface area contributed by atoms with Crippen LogP contribution in [0.15, 0.2) is 24.3 Å². The van der Waals surface area contributed by atoms with Crippen LogP contribution < -0.4 is 10.6 Å². The summed E-state index contributed by atoms with van der Waals surface area (Å²) in [5.74, 6) is -0.770. The molecule has 1 aromatic carbocycles. The van der Waals surface area contributed by atoms with Crippen LogP contribution in [-0.4, -0.2) is 47.0 Å². The fraction of sp³-hybridized carbons (Fsp3) is 0.654. The molecule has 186 valence electrons. The summed E-state index contributed by atoms with van der Waals surface area (Å²) in [6, 6.07) is 6.04. The number of carbonyl (C=O) groups excluding carboxylic acids is 3. The Bertz CT molecular complexity index is 806. The number of hydrogen-bond acceptors (Lipinski definition) is 4. The van der Waals surface area contributed by atoms with Gasteiger partial charge in [-0.25, -0.2) is 4.79 Å². The van der Waals surface area contributed by atoms with Crippen molar-refractivity contribution in [3.8, 4) is 0 Å². The SMILES string of the molecule is CCc1ccc(C(C(=O)NC(C)(C)C)N(C)C(=O)C(NC(=O)OC(C)(C)C)C(C)CC)cc1. The number of amides is 3. The first-order chi connectivity index (χ1) is 15.1. The predicted molar refractivity (Wildman–Crippen MR) is 132 cm³/mol. The number of benzene rings is 1. The van der Waals surface area contributed by atoms with Gasteiger partial charge in [0, 0.05) is 12.6 Å². The fourth-order valence-electron chi connectivity index (χ4n) is 3.39. The molecule has 0 fully saturated rings. The summed E-state index contributed by atoms with van der Waals surface area (Å²) in [4.78, 5) is 40.8. The molecule has 0 spiro atoms. The molecule has 0 saturated carbocycles. The average molecular weight is 462 g/mol. The van der Waals surface area contributed by atoms with E-state index < -0.39 is 29.3 Å². The maximum Gasteiger partial charge on any atom is 0.408 e. The first-order valence-electron chi connectivity index (χ1n) is 11.8. The molecule has 3 unspecified atom stereocenters. The number of rotatable bonds is 8. The third-order valence-corrected chi connectivity index (χ3v) is 5.34. The second-order valence-electron chi connectivity index (χ2n) is 10.7. The highest BCUT2D eigenvalue weighted by atomic mass is 16.6. The van der Waals surface area contributed by atoms with Gasteiger partial charge in [0.15, 0.2) is 0 Å². The molecular formula is C26H43N3O4. The van der Waals surface area contributed by atoms with Gasteiger partial charge in [-0.2, -0.15) is 0 Å². The van der Waals surface area contributed by atoms with Crippen LogP contribution in [0.25, 0.3) is 0 Å². The number of hydrogen-bond donors (Lipinski definition) is 2. The van der Waals surface area contributed by atoms with Crippen molar-refractivity contribution in [3.63, 3.8) is 0 Å². The molecular weight excluding hydrogens is 418 g/mol. The van der Waals surface area contributed by atoms with Crippen molar-refractivity contribution in [2.75, 3.05) is 7.05 Å². The molecule has 2 N–H and O–H groups in total. The van der Waals surface area contributed by atoms with Crippen molar-refractivity contribution < 1.29 is 19.1 Å². The van der Waals surface area contributed by atoms with E-state index in [1.54, 1.807) is 27.8 Å². The van der Waals surface area contributed by atoms with Crippen LogP contribution in [0, 0.1) is 5.92 Å². The molecule has 3 atom stereocenters. The highest BCUT2D eigenvalue weighted by Crippen LogP contribution is 2.24. The number of likely N-dealkylation sites (N-methyl/N-ethyl adjacent to an activating group) is 1. The molecule has 3 amide bonds. The molecule has 0 aliphatic heterocycles. The maximum absolute atomic E-state index is 13.6. The van der Waals surface area contributed by atoms with Crippen LogP contribution in [0.4, 0.5) is 4.79 Å². The lowest BCUT2D eigenvalue weighted by atomic mass is 9.95. The largest absolute Gasteiger partial charge is 0.444 e. The van der Waals surface area contributed by atoms with E-state index in [1.807, 2.05) is 58.9 Å². The van der Waals surface area contributed by atoms with Gasteiger partial charge in [-0.3, -0.25) is 9.59 Å². The van der Waals surface area contributed by atoms with E-state index >= 15 is 0 Å². The Labute approximate surface area is 199 Å². The van der Waals surface area contributed by atoms with Gasteiger partial charge in [-0.15, -0.1) is 0 Å². The fourth-order valence-corrected chi connectivity index (χ4v) is 3.39. The number of aryl methyl sites for hydroxylation is 1. The molecule has 33 heavy (non-hydrogen) atoms. The number of alkyl carbamates (subject to hydrolysis) is 1. The van der Waals surface area contributed by atoms with E-state index in [2.05, 4.69) is 17.6 Å². The summed E-state index contributed by atoms with van der Waals surface area (Å²) in [6.45, 7) is 16.9. The second-order valence-corrected chi connectivity index (χ2v) is 10.7. The summed E-state index contributed by atoms with van der Waals surface area (Å²) in [6.07, 6.45) is 0.894. The molecule has 0 heterocycles. The number of carbonyl (C=O) groups is 3. The van der Waals surface area contributed by atoms with Gasteiger partial charge < -0.3 is 20.3 Å². The van der Waals surface area contributed by atoms with E-state index in [0.717, 1.165) is 12.0 Å². The zero-order valence-electron chi connectivity index (χ0n) is 22.0. The molecule has 0 aromatic heterocycles. The zero-order chi connectivity index (χ0) is 25.6. The van der Waals surface area contributed by atoms with E-state index in [4.69, 9.17) is 4.74 Å². The van der Waals surface area contributed by atoms with Gasteiger partial charge in [0.2, 0.25) is 11.8 Å². The number of nitrogens with one attached hydrogen (secondary N) is 2. The first-order valence-corrected chi connectivity index (χ1v) is 11.8. The summed E-state index contributed by atoms with van der Waals surface area (Å²) in [5, 5.41) is 5.72. The summed E-state index contributed by atoms with van der Waals surface area (Å²) in [5.41, 5.74) is 0.708. The van der Waals surface area contributed by atoms with Crippen LogP contribution in [-0.2, 0) is 20.7 Å². The Kier molecular flexibility index (Phi) is 9.94. The number of nitrogens with zero attached hydrogens (tertiary/aromatic N) is 1. The predicted octanol–water partition coefficient (Wildman–Crippen LogP) is 4.60. The Morgan fingerprint density at radius 1 is 1.00 bits per heavy atom. The van der Waals surface area contributed by atoms with Gasteiger partial charge in [0.1, 0.15) is 17.7 Å². The average Bonchev–Trinajstić information content (AvgIpc) is 2.68. The Hall–Kier alpha value is -2.57. The smallest absolute Gasteiger partial charge is 0.408 e. The molecule has 1 rings (SSSR count). The first kappa shape index (κ1) is 28.5. The van der Waals surface area contributed by atoms with Gasteiger partial charge >= 0.3 is 6.09 Å². The van der Waals surface area contributed by atoms with Crippen LogP contribution in [0.5, 0.6) is 0 Å². The van der Waals surface area contributed by atoms with E-state index in [0.29, 0.717) is 12.0 Å². The van der Waals surface area contributed by atoms with E-state index in [9.17, 15) is 14.4 Å². The summed E-state index contributed by atoms with van der Waals surface area (Å²) in [7, 11) is 1.61. The topological polar surface area (TPSA) is 87.7 Å². The maximum atomic E-state index is 13.6. The lowest BCUT2D eigenvalue weighted by Gasteiger charge is -2.35. The molecule has 7 nitrogen and oxygen atoms in total. The van der Waals surface area contributed by atoms with Gasteiger partial charge in [0.25, 0.3) is 0 Å². The molecule has 0 bridgehead atoms. The lowest BCUT2D eigenvalue weighted by Crippen LogP contribution is -2.55. The minimum absolute atomic E-state index is 0.152. The Morgan fingerprint density at radius 3 is 1.97 bits per heavy atom. The Balaban J connectivity index is 3.31. The molecule has 0 aliphatic rings. The lowest BCUT2D eigenvalue weighted by molar-refractivity contribution is -0.142. The normalized spacial score (nSPS) is 14.6. The van der Waals surface area contributed by atoms with Gasteiger partial charge in [-0.05, 0) is 65.0 Å². The molecule has 7 heteroatoms. The van der Waals surface area contributed by atoms with Crippen LogP contribution >= 0.6 is 0 Å². The highest BCUT2D eigenvalue weighted by molar-refractivity contribution is 5.92. The number of ether oxygens (including phenoxy) is 1. The molecule has 1 aromatic rings. The Morgan fingerprint density at radius 2 is 1.55 bits per heavy atom. The van der Waals surface area contributed by atoms with Crippen molar-refractivity contribution in [2.24, 2.45) is 5.92 Å². The van der Waals surface area contributed by atoms with Gasteiger partial charge in [-0.1, -0.05) is 51.5 Å². The van der Waals surface area contributed by atoms with Crippen molar-refractivity contribution in [3.05, 3.63) is 35.4 Å². The molecule has 0 radical (unpaired) electrons. The third-order valence-electron chi connectivity index (χ3n) is 5.34. The summed E-state index contributed by atoms with van der Waals surface area (Å²) >= 11 is 0.